The van der Waals surface area contributed by atoms with E-state index in [1.54, 1.807) is 32.0 Å². The molecule has 98 valence electrons. The summed E-state index contributed by atoms with van der Waals surface area (Å²) in [4.78, 5) is 12.2. The number of methoxy groups -OCH3 is 1. The highest BCUT2D eigenvalue weighted by atomic mass is 35.5. The van der Waals surface area contributed by atoms with E-state index in [0.29, 0.717) is 16.5 Å². The van der Waals surface area contributed by atoms with Crippen molar-refractivity contribution in [3.05, 3.63) is 23.2 Å². The molecule has 0 bridgehead atoms. The van der Waals surface area contributed by atoms with Crippen LogP contribution in [0.15, 0.2) is 18.2 Å². The van der Waals surface area contributed by atoms with Crippen LogP contribution in [0, 0.1) is 5.41 Å². The Morgan fingerprint density at radius 1 is 1.50 bits per heavy atom. The van der Waals surface area contributed by atoms with Crippen LogP contribution in [0.3, 0.4) is 0 Å². The number of benzene rings is 1. The van der Waals surface area contributed by atoms with E-state index in [2.05, 4.69) is 5.32 Å². The minimum absolute atomic E-state index is 0.124. The first-order chi connectivity index (χ1) is 8.28. The van der Waals surface area contributed by atoms with Gasteiger partial charge in [-0.15, -0.1) is 0 Å². The maximum absolute atomic E-state index is 12.0. The predicted octanol–water partition coefficient (Wildman–Crippen LogP) is 2.60. The van der Waals surface area contributed by atoms with Crippen LogP contribution in [-0.4, -0.2) is 18.0 Å². The number of anilines is 1. The normalized spacial score (nSPS) is 10.9. The minimum Gasteiger partial charge on any atom is -0.497 e. The number of thiocarbonyl (C=S) groups is 1. The van der Waals surface area contributed by atoms with Crippen molar-refractivity contribution in [3.8, 4) is 5.75 Å². The molecule has 0 spiro atoms. The molecule has 1 rings (SSSR count). The van der Waals surface area contributed by atoms with Gasteiger partial charge in [0.15, 0.2) is 0 Å². The van der Waals surface area contributed by atoms with Crippen molar-refractivity contribution < 1.29 is 9.53 Å². The predicted molar refractivity (Wildman–Crippen MR) is 77.2 cm³/mol. The van der Waals surface area contributed by atoms with Crippen LogP contribution in [0.5, 0.6) is 5.75 Å². The monoisotopic (exact) mass is 286 g/mol. The highest BCUT2D eigenvalue weighted by Gasteiger charge is 2.31. The van der Waals surface area contributed by atoms with Gasteiger partial charge in [0.05, 0.1) is 28.2 Å². The molecular weight excluding hydrogens is 272 g/mol. The molecule has 0 heterocycles. The lowest BCUT2D eigenvalue weighted by atomic mass is 9.92. The third-order valence-corrected chi connectivity index (χ3v) is 3.45. The molecule has 0 unspecified atom stereocenters. The van der Waals surface area contributed by atoms with Gasteiger partial charge >= 0.3 is 0 Å². The van der Waals surface area contributed by atoms with Crippen molar-refractivity contribution in [2.24, 2.45) is 11.1 Å². The van der Waals surface area contributed by atoms with E-state index in [-0.39, 0.29) is 10.9 Å². The summed E-state index contributed by atoms with van der Waals surface area (Å²) >= 11 is 10.9. The molecule has 6 heteroatoms. The topological polar surface area (TPSA) is 64.3 Å². The number of ether oxygens (including phenoxy) is 1. The van der Waals surface area contributed by atoms with Crippen LogP contribution in [-0.2, 0) is 4.79 Å². The third-order valence-electron chi connectivity index (χ3n) is 2.61. The molecule has 18 heavy (non-hydrogen) atoms. The molecule has 0 aliphatic carbocycles. The SMILES string of the molecule is COc1ccc(Cl)c(NC(=O)C(C)(C)C(N)=S)c1. The van der Waals surface area contributed by atoms with Crippen molar-refractivity contribution >= 4 is 40.4 Å². The summed E-state index contributed by atoms with van der Waals surface area (Å²) in [6, 6.07) is 4.98. The fraction of sp³-hybridized carbons (Fsp3) is 0.333. The standard InChI is InChI=1S/C12H15ClN2O2S/c1-12(2,10(14)18)11(16)15-9-6-7(17-3)4-5-8(9)13/h4-6H,1-3H3,(H2,14,18)(H,15,16). The van der Waals surface area contributed by atoms with Gasteiger partial charge in [-0.25, -0.2) is 0 Å². The van der Waals surface area contributed by atoms with Gasteiger partial charge in [0.1, 0.15) is 5.75 Å². The van der Waals surface area contributed by atoms with Crippen molar-refractivity contribution in [1.29, 1.82) is 0 Å². The highest BCUT2D eigenvalue weighted by molar-refractivity contribution is 7.80. The Labute approximate surface area is 116 Å². The zero-order valence-electron chi connectivity index (χ0n) is 10.4. The number of nitrogens with one attached hydrogen (secondary N) is 1. The third kappa shape index (κ3) is 3.11. The first-order valence-corrected chi connectivity index (χ1v) is 6.02. The van der Waals surface area contributed by atoms with E-state index in [1.165, 1.54) is 7.11 Å². The van der Waals surface area contributed by atoms with Gasteiger partial charge in [0, 0.05) is 6.07 Å². The number of rotatable bonds is 4. The molecule has 1 aromatic carbocycles. The second-order valence-electron chi connectivity index (χ2n) is 4.29. The molecule has 3 N–H and O–H groups in total. The van der Waals surface area contributed by atoms with E-state index in [4.69, 9.17) is 34.3 Å². The van der Waals surface area contributed by atoms with Crippen molar-refractivity contribution in [3.63, 3.8) is 0 Å². The molecule has 1 aromatic rings. The number of amides is 1. The molecule has 0 radical (unpaired) electrons. The molecule has 0 saturated carbocycles. The average Bonchev–Trinajstić information content (AvgIpc) is 2.31. The summed E-state index contributed by atoms with van der Waals surface area (Å²) in [7, 11) is 1.54. The van der Waals surface area contributed by atoms with E-state index in [0.717, 1.165) is 0 Å². The van der Waals surface area contributed by atoms with Gasteiger partial charge in [-0.2, -0.15) is 0 Å². The Balaban J connectivity index is 2.98. The number of carbonyl (C=O) groups is 1. The van der Waals surface area contributed by atoms with E-state index < -0.39 is 5.41 Å². The first-order valence-electron chi connectivity index (χ1n) is 5.24. The van der Waals surface area contributed by atoms with Gasteiger partial charge in [-0.1, -0.05) is 23.8 Å². The van der Waals surface area contributed by atoms with Gasteiger partial charge in [-0.3, -0.25) is 4.79 Å². The Morgan fingerprint density at radius 2 is 2.11 bits per heavy atom. The molecule has 0 fully saturated rings. The maximum atomic E-state index is 12.0. The van der Waals surface area contributed by atoms with Crippen molar-refractivity contribution in [1.82, 2.24) is 0 Å². The molecule has 1 amide bonds. The van der Waals surface area contributed by atoms with Gasteiger partial charge in [0.25, 0.3) is 0 Å². The molecule has 0 saturated heterocycles. The summed E-state index contributed by atoms with van der Waals surface area (Å²) in [5.41, 5.74) is 5.05. The molecule has 0 aliphatic heterocycles. The number of halogens is 1. The lowest BCUT2D eigenvalue weighted by molar-refractivity contribution is -0.121. The van der Waals surface area contributed by atoms with Gasteiger partial charge < -0.3 is 15.8 Å². The molecule has 4 nitrogen and oxygen atoms in total. The maximum Gasteiger partial charge on any atom is 0.236 e. The van der Waals surface area contributed by atoms with Crippen molar-refractivity contribution in [2.45, 2.75) is 13.8 Å². The van der Waals surface area contributed by atoms with Crippen LogP contribution in [0.4, 0.5) is 5.69 Å². The zero-order chi connectivity index (χ0) is 13.9. The molecule has 0 aromatic heterocycles. The van der Waals surface area contributed by atoms with Crippen LogP contribution in [0.25, 0.3) is 0 Å². The van der Waals surface area contributed by atoms with Crippen LogP contribution < -0.4 is 15.8 Å². The molecular formula is C12H15ClN2O2S. The van der Waals surface area contributed by atoms with Gasteiger partial charge in [0.2, 0.25) is 5.91 Å². The summed E-state index contributed by atoms with van der Waals surface area (Å²) in [5, 5.41) is 3.11. The molecule has 0 aliphatic rings. The summed E-state index contributed by atoms with van der Waals surface area (Å²) < 4.78 is 5.06. The lowest BCUT2D eigenvalue weighted by Crippen LogP contribution is -2.41. The zero-order valence-corrected chi connectivity index (χ0v) is 12.0. The highest BCUT2D eigenvalue weighted by Crippen LogP contribution is 2.28. The smallest absolute Gasteiger partial charge is 0.236 e. The van der Waals surface area contributed by atoms with Crippen molar-refractivity contribution in [2.75, 3.05) is 12.4 Å². The van der Waals surface area contributed by atoms with E-state index >= 15 is 0 Å². The van der Waals surface area contributed by atoms with E-state index in [1.807, 2.05) is 0 Å². The second kappa shape index (κ2) is 5.54. The lowest BCUT2D eigenvalue weighted by Gasteiger charge is -2.22. The first kappa shape index (κ1) is 14.7. The number of hydrogen-bond acceptors (Lipinski definition) is 3. The Bertz CT molecular complexity index is 489. The van der Waals surface area contributed by atoms with Gasteiger partial charge in [-0.05, 0) is 26.0 Å². The Morgan fingerprint density at radius 3 is 2.61 bits per heavy atom. The fourth-order valence-corrected chi connectivity index (χ4v) is 1.38. The Hall–Kier alpha value is -1.33. The minimum atomic E-state index is -0.943. The quantitative estimate of drug-likeness (QED) is 0.835. The second-order valence-corrected chi connectivity index (χ2v) is 5.14. The number of carbonyl (C=O) groups excluding carboxylic acids is 1. The largest absolute Gasteiger partial charge is 0.497 e. The number of hydrogen-bond donors (Lipinski definition) is 2. The summed E-state index contributed by atoms with van der Waals surface area (Å²) in [6.45, 7) is 3.30. The average molecular weight is 287 g/mol. The summed E-state index contributed by atoms with van der Waals surface area (Å²) in [5.74, 6) is 0.285. The fourth-order valence-electron chi connectivity index (χ4n) is 1.12. The van der Waals surface area contributed by atoms with Crippen LogP contribution in [0.1, 0.15) is 13.8 Å². The van der Waals surface area contributed by atoms with Crippen LogP contribution >= 0.6 is 23.8 Å². The van der Waals surface area contributed by atoms with Crippen LogP contribution in [0.2, 0.25) is 5.02 Å². The molecule has 0 atom stereocenters. The van der Waals surface area contributed by atoms with E-state index in [9.17, 15) is 4.79 Å². The summed E-state index contributed by atoms with van der Waals surface area (Å²) in [6.07, 6.45) is 0. The number of nitrogens with two attached hydrogens (primary N) is 1. The Kier molecular flexibility index (Phi) is 4.53.